The molecular weight excluding hydrogens is 298 g/mol. The molecule has 1 aliphatic rings. The van der Waals surface area contributed by atoms with E-state index in [0.717, 1.165) is 38.2 Å². The van der Waals surface area contributed by atoms with E-state index in [-0.39, 0.29) is 10.8 Å². The Morgan fingerprint density at radius 2 is 2.10 bits per heavy atom. The number of benzene rings is 1. The first-order valence-electron chi connectivity index (χ1n) is 7.31. The van der Waals surface area contributed by atoms with Crippen LogP contribution in [0.3, 0.4) is 0 Å². The van der Waals surface area contributed by atoms with Crippen LogP contribution in [-0.2, 0) is 0 Å². The lowest BCUT2D eigenvalue weighted by Gasteiger charge is -2.32. The van der Waals surface area contributed by atoms with Crippen molar-refractivity contribution in [2.75, 3.05) is 25.0 Å². The van der Waals surface area contributed by atoms with E-state index < -0.39 is 6.61 Å². The number of hydrogen-bond acceptors (Lipinski definition) is 3. The van der Waals surface area contributed by atoms with Gasteiger partial charge < -0.3 is 15.0 Å². The van der Waals surface area contributed by atoms with Crippen molar-refractivity contribution in [1.29, 1.82) is 0 Å². The molecule has 0 aromatic heterocycles. The van der Waals surface area contributed by atoms with Gasteiger partial charge in [-0.15, -0.1) is 0 Å². The number of hydrogen-bond donors (Lipinski definition) is 1. The van der Waals surface area contributed by atoms with Crippen molar-refractivity contribution in [3.8, 4) is 5.75 Å². The summed E-state index contributed by atoms with van der Waals surface area (Å²) in [5.74, 6) is 0.00924. The van der Waals surface area contributed by atoms with Gasteiger partial charge in [-0.3, -0.25) is 0 Å². The van der Waals surface area contributed by atoms with E-state index in [1.165, 1.54) is 12.5 Å². The first-order valence-corrected chi connectivity index (χ1v) is 7.69. The molecule has 0 radical (unpaired) electrons. The summed E-state index contributed by atoms with van der Waals surface area (Å²) in [4.78, 5) is 2.46. The first-order chi connectivity index (χ1) is 10.1. The second-order valence-electron chi connectivity index (χ2n) is 5.28. The van der Waals surface area contributed by atoms with Gasteiger partial charge in [-0.2, -0.15) is 8.78 Å². The number of nitrogens with one attached hydrogen (secondary N) is 1. The van der Waals surface area contributed by atoms with Crippen molar-refractivity contribution in [3.05, 3.63) is 23.2 Å². The van der Waals surface area contributed by atoms with Gasteiger partial charge in [0, 0.05) is 24.8 Å². The summed E-state index contributed by atoms with van der Waals surface area (Å²) < 4.78 is 28.7. The van der Waals surface area contributed by atoms with Crippen LogP contribution in [0.2, 0.25) is 5.02 Å². The SMILES string of the molecule is CCCN1CCC(Nc2ccc(OC(F)F)c(Cl)c2)CC1. The summed E-state index contributed by atoms with van der Waals surface area (Å²) in [6, 6.07) is 5.24. The van der Waals surface area contributed by atoms with Crippen LogP contribution in [0.4, 0.5) is 14.5 Å². The van der Waals surface area contributed by atoms with Crippen molar-refractivity contribution in [2.45, 2.75) is 38.8 Å². The molecule has 1 aliphatic heterocycles. The average molecular weight is 319 g/mol. The summed E-state index contributed by atoms with van der Waals surface area (Å²) in [6.45, 7) is 2.66. The van der Waals surface area contributed by atoms with E-state index in [1.54, 1.807) is 12.1 Å². The first kappa shape index (κ1) is 16.3. The van der Waals surface area contributed by atoms with Crippen LogP contribution in [0.15, 0.2) is 18.2 Å². The van der Waals surface area contributed by atoms with E-state index in [4.69, 9.17) is 11.6 Å². The molecule has 1 aromatic rings. The number of alkyl halides is 2. The third-order valence-corrected chi connectivity index (χ3v) is 3.94. The maximum Gasteiger partial charge on any atom is 0.387 e. The Hall–Kier alpha value is -1.07. The number of piperidine rings is 1. The van der Waals surface area contributed by atoms with Crippen LogP contribution in [0.5, 0.6) is 5.75 Å². The van der Waals surface area contributed by atoms with Crippen LogP contribution in [0.25, 0.3) is 0 Å². The number of rotatable bonds is 6. The molecule has 2 rings (SSSR count). The van der Waals surface area contributed by atoms with Crippen LogP contribution in [-0.4, -0.2) is 37.2 Å². The highest BCUT2D eigenvalue weighted by Gasteiger charge is 2.18. The smallest absolute Gasteiger partial charge is 0.387 e. The molecule has 0 aliphatic carbocycles. The highest BCUT2D eigenvalue weighted by molar-refractivity contribution is 6.32. The Bertz CT molecular complexity index is 451. The number of halogens is 3. The van der Waals surface area contributed by atoms with E-state index in [9.17, 15) is 8.78 Å². The molecule has 1 fully saturated rings. The number of ether oxygens (including phenoxy) is 1. The minimum Gasteiger partial charge on any atom is -0.433 e. The molecule has 0 saturated carbocycles. The zero-order valence-corrected chi connectivity index (χ0v) is 12.9. The molecule has 1 saturated heterocycles. The Labute approximate surface area is 129 Å². The van der Waals surface area contributed by atoms with Gasteiger partial charge in [-0.05, 0) is 44.0 Å². The number of nitrogens with zero attached hydrogens (tertiary/aromatic N) is 1. The molecule has 1 heterocycles. The molecular formula is C15H21ClF2N2O. The molecule has 0 bridgehead atoms. The van der Waals surface area contributed by atoms with Gasteiger partial charge in [0.2, 0.25) is 0 Å². The molecule has 3 nitrogen and oxygen atoms in total. The zero-order chi connectivity index (χ0) is 15.2. The lowest BCUT2D eigenvalue weighted by molar-refractivity contribution is -0.0497. The fraction of sp³-hybridized carbons (Fsp3) is 0.600. The predicted octanol–water partition coefficient (Wildman–Crippen LogP) is 4.23. The van der Waals surface area contributed by atoms with Crippen LogP contribution < -0.4 is 10.1 Å². The zero-order valence-electron chi connectivity index (χ0n) is 12.1. The highest BCUT2D eigenvalue weighted by atomic mass is 35.5. The Morgan fingerprint density at radius 3 is 2.67 bits per heavy atom. The maximum atomic E-state index is 12.2. The van der Waals surface area contributed by atoms with Crippen molar-refractivity contribution < 1.29 is 13.5 Å². The lowest BCUT2D eigenvalue weighted by atomic mass is 10.0. The maximum absolute atomic E-state index is 12.2. The second-order valence-corrected chi connectivity index (χ2v) is 5.69. The Kier molecular flexibility index (Phi) is 6.06. The third-order valence-electron chi connectivity index (χ3n) is 3.65. The standard InChI is InChI=1S/C15H21ClF2N2O/c1-2-7-20-8-5-11(6-9-20)19-12-3-4-14(13(16)10-12)21-15(17)18/h3-4,10-11,15,19H,2,5-9H2,1H3. The van der Waals surface area contributed by atoms with E-state index in [2.05, 4.69) is 21.9 Å². The van der Waals surface area contributed by atoms with Gasteiger partial charge in [0.15, 0.2) is 0 Å². The summed E-state index contributed by atoms with van der Waals surface area (Å²) >= 11 is 5.95. The minimum absolute atomic E-state index is 0.00924. The molecule has 1 aromatic carbocycles. The molecule has 1 N–H and O–H groups in total. The lowest BCUT2D eigenvalue weighted by Crippen LogP contribution is -2.39. The van der Waals surface area contributed by atoms with E-state index in [0.29, 0.717) is 6.04 Å². The van der Waals surface area contributed by atoms with Crippen LogP contribution >= 0.6 is 11.6 Å². The molecule has 0 unspecified atom stereocenters. The fourth-order valence-electron chi connectivity index (χ4n) is 2.64. The monoisotopic (exact) mass is 318 g/mol. The molecule has 21 heavy (non-hydrogen) atoms. The van der Waals surface area contributed by atoms with Crippen molar-refractivity contribution in [2.24, 2.45) is 0 Å². The number of likely N-dealkylation sites (tertiary alicyclic amines) is 1. The van der Waals surface area contributed by atoms with Gasteiger partial charge in [-0.1, -0.05) is 18.5 Å². The summed E-state index contributed by atoms with van der Waals surface area (Å²) in [6.07, 6.45) is 3.33. The molecule has 0 spiro atoms. The fourth-order valence-corrected chi connectivity index (χ4v) is 2.86. The third kappa shape index (κ3) is 5.00. The van der Waals surface area contributed by atoms with Crippen molar-refractivity contribution in [1.82, 2.24) is 4.90 Å². The van der Waals surface area contributed by atoms with Gasteiger partial charge in [0.05, 0.1) is 5.02 Å². The summed E-state index contributed by atoms with van der Waals surface area (Å²) in [5.41, 5.74) is 0.843. The predicted molar refractivity (Wildman–Crippen MR) is 81.5 cm³/mol. The normalized spacial score (nSPS) is 17.2. The van der Waals surface area contributed by atoms with Crippen LogP contribution in [0, 0.1) is 0 Å². The van der Waals surface area contributed by atoms with E-state index >= 15 is 0 Å². The Morgan fingerprint density at radius 1 is 1.38 bits per heavy atom. The molecule has 6 heteroatoms. The molecule has 0 amide bonds. The average Bonchev–Trinajstić information content (AvgIpc) is 2.44. The van der Waals surface area contributed by atoms with Gasteiger partial charge in [0.25, 0.3) is 0 Å². The number of anilines is 1. The van der Waals surface area contributed by atoms with Gasteiger partial charge >= 0.3 is 6.61 Å². The second kappa shape index (κ2) is 7.80. The summed E-state index contributed by atoms with van der Waals surface area (Å²) in [5, 5.41) is 3.61. The Balaban J connectivity index is 1.88. The van der Waals surface area contributed by atoms with Crippen LogP contribution in [0.1, 0.15) is 26.2 Å². The van der Waals surface area contributed by atoms with Crippen molar-refractivity contribution in [3.63, 3.8) is 0 Å². The van der Waals surface area contributed by atoms with Gasteiger partial charge in [-0.25, -0.2) is 0 Å². The minimum atomic E-state index is -2.86. The quantitative estimate of drug-likeness (QED) is 0.849. The van der Waals surface area contributed by atoms with Crippen molar-refractivity contribution >= 4 is 17.3 Å². The highest BCUT2D eigenvalue weighted by Crippen LogP contribution is 2.29. The van der Waals surface area contributed by atoms with E-state index in [1.807, 2.05) is 0 Å². The topological polar surface area (TPSA) is 24.5 Å². The summed E-state index contributed by atoms with van der Waals surface area (Å²) in [7, 11) is 0. The molecule has 0 atom stereocenters. The molecule has 118 valence electrons. The largest absolute Gasteiger partial charge is 0.433 e. The van der Waals surface area contributed by atoms with Gasteiger partial charge in [0.1, 0.15) is 5.75 Å².